The lowest BCUT2D eigenvalue weighted by Gasteiger charge is -2.24. The second kappa shape index (κ2) is 8.41. The van der Waals surface area contributed by atoms with E-state index in [-0.39, 0.29) is 33.0 Å². The molecule has 1 nitrogen and oxygen atoms in total. The summed E-state index contributed by atoms with van der Waals surface area (Å²) >= 11 is 0. The van der Waals surface area contributed by atoms with Gasteiger partial charge in [-0.15, -0.1) is 0 Å². The number of fused-ring (bicyclic) bond motifs is 2. The number of pyridine rings is 1. The van der Waals surface area contributed by atoms with Crippen molar-refractivity contribution in [2.45, 2.75) is 65.8 Å². The van der Waals surface area contributed by atoms with Crippen LogP contribution in [0.3, 0.4) is 0 Å². The Morgan fingerprint density at radius 3 is 2.26 bits per heavy atom. The Morgan fingerprint density at radius 1 is 0.941 bits per heavy atom. The standard InChI is InChI=1S/C30H33F3N/c1-18-14-19(2)28-21(12-13-30(31,32)33)16-26(34(7)27(28)15-18)24-17-25(29(4,5)6)23-11-9-8-10-22(23)20(24)3/h8-11,14-17H,12-13H2,1-7H3/q+1/i1D3,2D3. The molecule has 0 spiro atoms. The predicted octanol–water partition coefficient (Wildman–Crippen LogP) is 8.20. The highest BCUT2D eigenvalue weighted by Gasteiger charge is 2.29. The molecule has 0 saturated heterocycles. The molecule has 4 heteroatoms. The average molecular weight is 471 g/mol. The van der Waals surface area contributed by atoms with Gasteiger partial charge in [-0.2, -0.15) is 17.7 Å². The first-order valence-electron chi connectivity index (χ1n) is 14.3. The van der Waals surface area contributed by atoms with Gasteiger partial charge in [0.15, 0.2) is 0 Å². The third-order valence-electron chi connectivity index (χ3n) is 6.55. The quantitative estimate of drug-likeness (QED) is 0.266. The summed E-state index contributed by atoms with van der Waals surface area (Å²) in [5.74, 6) is 0. The Kier molecular flexibility index (Phi) is 4.34. The van der Waals surface area contributed by atoms with E-state index in [4.69, 9.17) is 8.22 Å². The summed E-state index contributed by atoms with van der Waals surface area (Å²) in [6.45, 7) is 2.88. The van der Waals surface area contributed by atoms with Crippen LogP contribution in [0, 0.1) is 20.6 Å². The van der Waals surface area contributed by atoms with Crippen molar-refractivity contribution in [3.8, 4) is 11.3 Å². The molecule has 0 bridgehead atoms. The maximum absolute atomic E-state index is 13.4. The highest BCUT2D eigenvalue weighted by atomic mass is 19.4. The van der Waals surface area contributed by atoms with Crippen LogP contribution in [0.15, 0.2) is 48.5 Å². The number of rotatable bonds is 3. The van der Waals surface area contributed by atoms with E-state index < -0.39 is 32.7 Å². The normalized spacial score (nSPS) is 16.0. The molecule has 0 fully saturated rings. The lowest BCUT2D eigenvalue weighted by atomic mass is 9.80. The zero-order chi connectivity index (χ0) is 30.0. The van der Waals surface area contributed by atoms with Crippen molar-refractivity contribution in [1.29, 1.82) is 0 Å². The van der Waals surface area contributed by atoms with E-state index in [1.807, 2.05) is 37.3 Å². The van der Waals surface area contributed by atoms with Crippen LogP contribution in [0.2, 0.25) is 0 Å². The van der Waals surface area contributed by atoms with Gasteiger partial charge in [-0.25, -0.2) is 0 Å². The van der Waals surface area contributed by atoms with Crippen LogP contribution in [0.4, 0.5) is 13.2 Å². The number of aryl methyl sites for hydroxylation is 5. The van der Waals surface area contributed by atoms with Crippen molar-refractivity contribution in [3.63, 3.8) is 0 Å². The van der Waals surface area contributed by atoms with Crippen LogP contribution in [-0.4, -0.2) is 6.18 Å². The number of benzene rings is 3. The SMILES string of the molecule is [2H]C([2H])([2H])c1cc(C([2H])([2H])[2H])c2c(CCC(F)(F)F)cc(-c3cc(C(C)(C)C)c4ccccc4c3C)[n+](C)c2c1. The van der Waals surface area contributed by atoms with Crippen LogP contribution in [-0.2, 0) is 18.9 Å². The molecular weight excluding hydrogens is 431 g/mol. The van der Waals surface area contributed by atoms with Gasteiger partial charge in [0.25, 0.3) is 0 Å². The first-order chi connectivity index (χ1) is 18.2. The lowest BCUT2D eigenvalue weighted by Crippen LogP contribution is -2.33. The summed E-state index contributed by atoms with van der Waals surface area (Å²) < 4.78 is 90.3. The molecule has 0 aliphatic carbocycles. The summed E-state index contributed by atoms with van der Waals surface area (Å²) in [5.41, 5.74) is 3.14. The Hall–Kier alpha value is -2.88. The molecule has 0 aliphatic rings. The smallest absolute Gasteiger partial charge is 0.194 e. The average Bonchev–Trinajstić information content (AvgIpc) is 2.81. The molecule has 0 unspecified atom stereocenters. The van der Waals surface area contributed by atoms with Gasteiger partial charge in [0, 0.05) is 32.3 Å². The van der Waals surface area contributed by atoms with Crippen LogP contribution in [0.5, 0.6) is 0 Å². The number of alkyl halides is 3. The molecule has 0 radical (unpaired) electrons. The van der Waals surface area contributed by atoms with Crippen molar-refractivity contribution < 1.29 is 26.0 Å². The van der Waals surface area contributed by atoms with Crippen LogP contribution in [0.1, 0.15) is 63.2 Å². The molecule has 4 rings (SSSR count). The molecule has 34 heavy (non-hydrogen) atoms. The molecule has 1 heterocycles. The molecule has 1 aromatic heterocycles. The summed E-state index contributed by atoms with van der Waals surface area (Å²) in [5, 5.41) is 2.21. The number of halogens is 3. The van der Waals surface area contributed by atoms with Gasteiger partial charge in [-0.05, 0) is 77.1 Å². The van der Waals surface area contributed by atoms with E-state index in [1.165, 1.54) is 6.07 Å². The second-order valence-electron chi connectivity index (χ2n) is 10.0. The molecule has 0 aliphatic heterocycles. The topological polar surface area (TPSA) is 3.88 Å². The highest BCUT2D eigenvalue weighted by Crippen LogP contribution is 2.38. The fourth-order valence-electron chi connectivity index (χ4n) is 4.83. The number of hydrogen-bond donors (Lipinski definition) is 0. The van der Waals surface area contributed by atoms with Crippen molar-refractivity contribution in [3.05, 3.63) is 76.3 Å². The summed E-state index contributed by atoms with van der Waals surface area (Å²) in [7, 11) is 1.70. The third kappa shape index (κ3) is 4.43. The van der Waals surface area contributed by atoms with Crippen LogP contribution < -0.4 is 4.57 Å². The maximum atomic E-state index is 13.4. The molecule has 178 valence electrons. The van der Waals surface area contributed by atoms with Crippen LogP contribution >= 0.6 is 0 Å². The summed E-state index contributed by atoms with van der Waals surface area (Å²) in [6.07, 6.45) is -6.04. The molecule has 0 N–H and O–H groups in total. The summed E-state index contributed by atoms with van der Waals surface area (Å²) in [6, 6.07) is 14.1. The van der Waals surface area contributed by atoms with Gasteiger partial charge in [-0.1, -0.05) is 51.1 Å². The van der Waals surface area contributed by atoms with E-state index in [0.717, 1.165) is 33.5 Å². The Labute approximate surface area is 208 Å². The van der Waals surface area contributed by atoms with Gasteiger partial charge < -0.3 is 0 Å². The Balaban J connectivity index is 2.19. The predicted molar refractivity (Wildman–Crippen MR) is 135 cm³/mol. The van der Waals surface area contributed by atoms with Crippen molar-refractivity contribution in [1.82, 2.24) is 0 Å². The lowest BCUT2D eigenvalue weighted by molar-refractivity contribution is -0.633. The van der Waals surface area contributed by atoms with Gasteiger partial charge in [0.05, 0.1) is 5.39 Å². The van der Waals surface area contributed by atoms with Gasteiger partial charge in [-0.3, -0.25) is 0 Å². The molecule has 3 aromatic carbocycles. The van der Waals surface area contributed by atoms with Crippen molar-refractivity contribution >= 4 is 21.7 Å². The minimum absolute atomic E-state index is 0.137. The molecule has 0 amide bonds. The molecule has 0 saturated carbocycles. The summed E-state index contributed by atoms with van der Waals surface area (Å²) in [4.78, 5) is 0. The van der Waals surface area contributed by atoms with Crippen molar-refractivity contribution in [2.75, 3.05) is 0 Å². The van der Waals surface area contributed by atoms with E-state index in [0.29, 0.717) is 5.69 Å². The fraction of sp³-hybridized carbons (Fsp3) is 0.367. The van der Waals surface area contributed by atoms with E-state index >= 15 is 0 Å². The van der Waals surface area contributed by atoms with E-state index in [9.17, 15) is 13.2 Å². The number of aromatic nitrogens is 1. The van der Waals surface area contributed by atoms with Gasteiger partial charge in [0.2, 0.25) is 11.2 Å². The molecule has 4 aromatic rings. The number of nitrogens with zero attached hydrogens (tertiary/aromatic N) is 1. The maximum Gasteiger partial charge on any atom is 0.389 e. The second-order valence-corrected chi connectivity index (χ2v) is 10.0. The number of hydrogen-bond acceptors (Lipinski definition) is 0. The highest BCUT2D eigenvalue weighted by molar-refractivity contribution is 5.95. The first-order valence-corrected chi connectivity index (χ1v) is 11.3. The minimum atomic E-state index is -4.46. The largest absolute Gasteiger partial charge is 0.389 e. The van der Waals surface area contributed by atoms with Crippen LogP contribution in [0.25, 0.3) is 32.9 Å². The van der Waals surface area contributed by atoms with Crippen molar-refractivity contribution in [2.24, 2.45) is 7.05 Å². The molecule has 0 atom stereocenters. The monoisotopic (exact) mass is 470 g/mol. The third-order valence-corrected chi connectivity index (χ3v) is 6.55. The van der Waals surface area contributed by atoms with Gasteiger partial charge >= 0.3 is 6.18 Å². The first kappa shape index (κ1) is 17.5. The zero-order valence-electron chi connectivity index (χ0n) is 26.1. The van der Waals surface area contributed by atoms with E-state index in [2.05, 4.69) is 20.8 Å². The Morgan fingerprint density at radius 2 is 1.65 bits per heavy atom. The zero-order valence-corrected chi connectivity index (χ0v) is 20.1. The molecular formula is C30H33F3N+. The Bertz CT molecular complexity index is 1610. The van der Waals surface area contributed by atoms with E-state index in [1.54, 1.807) is 17.7 Å². The fourth-order valence-corrected chi connectivity index (χ4v) is 4.83. The minimum Gasteiger partial charge on any atom is -0.194 e. The van der Waals surface area contributed by atoms with Gasteiger partial charge in [0.1, 0.15) is 7.05 Å².